The monoisotopic (exact) mass is 444 g/mol. The van der Waals surface area contributed by atoms with E-state index in [1.807, 2.05) is 25.2 Å². The molecule has 0 saturated carbocycles. The molecule has 23 heavy (non-hydrogen) atoms. The van der Waals surface area contributed by atoms with Crippen LogP contribution >= 0.6 is 35.3 Å². The molecule has 2 aromatic rings. The summed E-state index contributed by atoms with van der Waals surface area (Å²) in [6.45, 7) is 2.59. The van der Waals surface area contributed by atoms with Crippen LogP contribution in [0.25, 0.3) is 0 Å². The van der Waals surface area contributed by atoms with Gasteiger partial charge >= 0.3 is 0 Å². The number of aromatic nitrogens is 1. The van der Waals surface area contributed by atoms with Crippen LogP contribution in [0.15, 0.2) is 46.9 Å². The van der Waals surface area contributed by atoms with Crippen molar-refractivity contribution in [1.29, 1.82) is 0 Å². The molecular formula is C16H21IN4OS. The second kappa shape index (κ2) is 9.07. The number of rotatable bonds is 4. The van der Waals surface area contributed by atoms with E-state index in [0.717, 1.165) is 32.0 Å². The second-order valence-electron chi connectivity index (χ2n) is 5.12. The van der Waals surface area contributed by atoms with Crippen LogP contribution in [-0.4, -0.2) is 42.1 Å². The molecule has 0 aromatic carbocycles. The molecule has 1 N–H and O–H groups in total. The first kappa shape index (κ1) is 18.0. The number of pyridine rings is 1. The van der Waals surface area contributed by atoms with Crippen molar-refractivity contribution in [2.75, 3.05) is 20.1 Å². The Bertz CT molecular complexity index is 606. The van der Waals surface area contributed by atoms with Gasteiger partial charge in [-0.05, 0) is 17.5 Å². The highest BCUT2D eigenvalue weighted by Gasteiger charge is 2.26. The Morgan fingerprint density at radius 1 is 1.43 bits per heavy atom. The first-order valence-electron chi connectivity index (χ1n) is 7.41. The topological polar surface area (TPSA) is 49.8 Å². The predicted molar refractivity (Wildman–Crippen MR) is 105 cm³/mol. The molecule has 1 aliphatic rings. The number of nitrogens with zero attached hydrogens (tertiary/aromatic N) is 3. The van der Waals surface area contributed by atoms with E-state index in [-0.39, 0.29) is 30.1 Å². The normalized spacial score (nSPS) is 17.7. The Morgan fingerprint density at radius 3 is 3.04 bits per heavy atom. The smallest absolute Gasteiger partial charge is 0.213 e. The Balaban J connectivity index is 0.00000192. The van der Waals surface area contributed by atoms with Gasteiger partial charge in [-0.15, -0.1) is 35.3 Å². The molecule has 0 spiro atoms. The summed E-state index contributed by atoms with van der Waals surface area (Å²) in [7, 11) is 1.82. The van der Waals surface area contributed by atoms with Crippen LogP contribution in [0.2, 0.25) is 0 Å². The summed E-state index contributed by atoms with van der Waals surface area (Å²) in [5.41, 5.74) is 0. The minimum atomic E-state index is 0. The molecular weight excluding hydrogens is 423 g/mol. The average molecular weight is 444 g/mol. The van der Waals surface area contributed by atoms with Crippen LogP contribution < -0.4 is 10.1 Å². The van der Waals surface area contributed by atoms with Gasteiger partial charge in [0.25, 0.3) is 0 Å². The zero-order valence-electron chi connectivity index (χ0n) is 13.0. The predicted octanol–water partition coefficient (Wildman–Crippen LogP) is 2.99. The minimum absolute atomic E-state index is 0. The minimum Gasteiger partial charge on any atom is -0.472 e. The van der Waals surface area contributed by atoms with E-state index in [4.69, 9.17) is 4.74 Å². The van der Waals surface area contributed by atoms with E-state index < -0.39 is 0 Å². The highest BCUT2D eigenvalue weighted by Crippen LogP contribution is 2.16. The van der Waals surface area contributed by atoms with Crippen molar-refractivity contribution in [2.24, 2.45) is 4.99 Å². The van der Waals surface area contributed by atoms with Gasteiger partial charge in [-0.3, -0.25) is 4.99 Å². The van der Waals surface area contributed by atoms with E-state index in [2.05, 4.69) is 37.7 Å². The molecule has 124 valence electrons. The summed E-state index contributed by atoms with van der Waals surface area (Å²) in [4.78, 5) is 12.1. The number of thiophene rings is 1. The summed E-state index contributed by atoms with van der Waals surface area (Å²) in [5.74, 6) is 1.62. The van der Waals surface area contributed by atoms with Crippen LogP contribution in [0.1, 0.15) is 11.3 Å². The maximum atomic E-state index is 5.92. The van der Waals surface area contributed by atoms with Gasteiger partial charge in [-0.2, -0.15) is 0 Å². The summed E-state index contributed by atoms with van der Waals surface area (Å²) >= 11 is 1.75. The van der Waals surface area contributed by atoms with Gasteiger partial charge in [0, 0.05) is 37.2 Å². The number of ether oxygens (including phenoxy) is 1. The lowest BCUT2D eigenvalue weighted by molar-refractivity contribution is 0.205. The van der Waals surface area contributed by atoms with Gasteiger partial charge < -0.3 is 15.0 Å². The fourth-order valence-electron chi connectivity index (χ4n) is 2.52. The molecule has 1 atom stereocenters. The first-order valence-corrected chi connectivity index (χ1v) is 8.29. The Labute approximate surface area is 157 Å². The molecule has 0 bridgehead atoms. The fourth-order valence-corrected chi connectivity index (χ4v) is 3.16. The van der Waals surface area contributed by atoms with Crippen molar-refractivity contribution in [3.8, 4) is 5.88 Å². The van der Waals surface area contributed by atoms with Crippen molar-refractivity contribution in [3.05, 3.63) is 46.8 Å². The standard InChI is InChI=1S/C16H20N4OS.HI/c1-17-16(19-11-14-5-4-10-22-14)20-9-7-13(12-20)21-15-6-2-3-8-18-15;/h2-6,8,10,13H,7,9,11-12H2,1H3,(H,17,19);1H. The third-order valence-electron chi connectivity index (χ3n) is 3.58. The summed E-state index contributed by atoms with van der Waals surface area (Å²) < 4.78 is 5.92. The summed E-state index contributed by atoms with van der Waals surface area (Å²) in [6.07, 6.45) is 2.90. The number of likely N-dealkylation sites (tertiary alicyclic amines) is 1. The van der Waals surface area contributed by atoms with Crippen LogP contribution in [0.5, 0.6) is 5.88 Å². The average Bonchev–Trinajstić information content (AvgIpc) is 3.21. The number of guanidine groups is 1. The van der Waals surface area contributed by atoms with Gasteiger partial charge in [0.2, 0.25) is 5.88 Å². The van der Waals surface area contributed by atoms with Crippen molar-refractivity contribution >= 4 is 41.3 Å². The van der Waals surface area contributed by atoms with E-state index >= 15 is 0 Å². The van der Waals surface area contributed by atoms with Gasteiger partial charge in [0.15, 0.2) is 5.96 Å². The number of hydrogen-bond acceptors (Lipinski definition) is 4. The molecule has 1 unspecified atom stereocenters. The van der Waals surface area contributed by atoms with E-state index in [1.165, 1.54) is 4.88 Å². The first-order chi connectivity index (χ1) is 10.8. The Kier molecular flexibility index (Phi) is 7.10. The van der Waals surface area contributed by atoms with Gasteiger partial charge in [0.05, 0.1) is 13.1 Å². The molecule has 0 amide bonds. The number of nitrogens with one attached hydrogen (secondary N) is 1. The Hall–Kier alpha value is -1.35. The molecule has 5 nitrogen and oxygen atoms in total. The van der Waals surface area contributed by atoms with Crippen molar-refractivity contribution in [1.82, 2.24) is 15.2 Å². The van der Waals surface area contributed by atoms with Crippen LogP contribution in [0.4, 0.5) is 0 Å². The molecule has 1 saturated heterocycles. The molecule has 1 fully saturated rings. The third kappa shape index (κ3) is 5.07. The number of aliphatic imine (C=N–C) groups is 1. The number of halogens is 1. The molecule has 7 heteroatoms. The maximum absolute atomic E-state index is 5.92. The molecule has 1 aliphatic heterocycles. The number of hydrogen-bond donors (Lipinski definition) is 1. The summed E-state index contributed by atoms with van der Waals surface area (Å²) in [5, 5.41) is 5.50. The lowest BCUT2D eigenvalue weighted by Gasteiger charge is -2.21. The van der Waals surface area contributed by atoms with Crippen molar-refractivity contribution in [3.63, 3.8) is 0 Å². The van der Waals surface area contributed by atoms with Crippen molar-refractivity contribution in [2.45, 2.75) is 19.1 Å². The van der Waals surface area contributed by atoms with Gasteiger partial charge in [-0.1, -0.05) is 12.1 Å². The van der Waals surface area contributed by atoms with Gasteiger partial charge in [0.1, 0.15) is 6.10 Å². The van der Waals surface area contributed by atoms with Crippen LogP contribution in [0.3, 0.4) is 0 Å². The molecule has 3 rings (SSSR count). The molecule has 2 aromatic heterocycles. The fraction of sp³-hybridized carbons (Fsp3) is 0.375. The molecule has 3 heterocycles. The summed E-state index contributed by atoms with van der Waals surface area (Å²) in [6, 6.07) is 9.92. The highest BCUT2D eigenvalue weighted by molar-refractivity contribution is 14.0. The van der Waals surface area contributed by atoms with E-state index in [1.54, 1.807) is 17.5 Å². The van der Waals surface area contributed by atoms with Crippen LogP contribution in [-0.2, 0) is 6.54 Å². The highest BCUT2D eigenvalue weighted by atomic mass is 127. The second-order valence-corrected chi connectivity index (χ2v) is 6.15. The van der Waals surface area contributed by atoms with Crippen molar-refractivity contribution < 1.29 is 4.74 Å². The molecule has 0 radical (unpaired) electrons. The van der Waals surface area contributed by atoms with E-state index in [0.29, 0.717) is 5.88 Å². The zero-order chi connectivity index (χ0) is 15.2. The lowest BCUT2D eigenvalue weighted by atomic mass is 10.3. The molecule has 0 aliphatic carbocycles. The SMILES string of the molecule is CN=C(NCc1cccs1)N1CCC(Oc2ccccn2)C1.I. The van der Waals surface area contributed by atoms with E-state index in [9.17, 15) is 0 Å². The van der Waals surface area contributed by atoms with Crippen LogP contribution in [0, 0.1) is 0 Å². The zero-order valence-corrected chi connectivity index (χ0v) is 16.2. The quantitative estimate of drug-likeness (QED) is 0.448. The Morgan fingerprint density at radius 2 is 2.35 bits per heavy atom. The maximum Gasteiger partial charge on any atom is 0.213 e. The third-order valence-corrected chi connectivity index (χ3v) is 4.46. The largest absolute Gasteiger partial charge is 0.472 e. The van der Waals surface area contributed by atoms with Gasteiger partial charge in [-0.25, -0.2) is 4.98 Å². The lowest BCUT2D eigenvalue weighted by Crippen LogP contribution is -2.40.